The second-order valence-corrected chi connectivity index (χ2v) is 5.64. The Hall–Kier alpha value is -1.03. The Morgan fingerprint density at radius 2 is 1.94 bits per heavy atom. The fourth-order valence-corrected chi connectivity index (χ4v) is 1.81. The lowest BCUT2D eigenvalue weighted by Gasteiger charge is -2.33. The van der Waals surface area contributed by atoms with Crippen molar-refractivity contribution >= 4 is 6.03 Å². The van der Waals surface area contributed by atoms with Crippen LogP contribution in [0.25, 0.3) is 0 Å². The number of carbonyl (C=O) groups excluding carboxylic acids is 1. The highest BCUT2D eigenvalue weighted by molar-refractivity contribution is 5.73. The maximum Gasteiger partial charge on any atom is 0.314 e. The monoisotopic (exact) mass is 256 g/mol. The molecule has 0 bridgehead atoms. The third kappa shape index (κ3) is 6.64. The zero-order chi connectivity index (χ0) is 14.2. The smallest absolute Gasteiger partial charge is 0.314 e. The summed E-state index contributed by atoms with van der Waals surface area (Å²) in [7, 11) is 0. The number of amides is 2. The molecule has 4 heteroatoms. The lowest BCUT2D eigenvalue weighted by molar-refractivity contribution is 0.0151. The molecule has 0 fully saturated rings. The van der Waals surface area contributed by atoms with E-state index < -0.39 is 6.10 Å². The normalized spacial score (nSPS) is 13.9. The molecule has 3 N–H and O–H groups in total. The van der Waals surface area contributed by atoms with E-state index in [1.807, 2.05) is 46.8 Å². The maximum absolute atomic E-state index is 11.5. The van der Waals surface area contributed by atoms with E-state index in [9.17, 15) is 9.90 Å². The van der Waals surface area contributed by atoms with E-state index in [0.29, 0.717) is 13.1 Å². The van der Waals surface area contributed by atoms with Crippen LogP contribution in [-0.2, 0) is 0 Å². The van der Waals surface area contributed by atoms with Crippen LogP contribution in [0.3, 0.4) is 0 Å². The molecule has 1 atom stereocenters. The molecule has 0 spiro atoms. The molecule has 0 aliphatic heterocycles. The molecule has 0 radical (unpaired) electrons. The highest BCUT2D eigenvalue weighted by atomic mass is 16.3. The number of aliphatic hydroxyl groups excluding tert-OH is 1. The van der Waals surface area contributed by atoms with Gasteiger partial charge in [0, 0.05) is 18.5 Å². The lowest BCUT2D eigenvalue weighted by atomic mass is 9.81. The average molecular weight is 256 g/mol. The minimum atomic E-state index is -0.430. The summed E-state index contributed by atoms with van der Waals surface area (Å²) in [6.07, 6.45) is 4.37. The topological polar surface area (TPSA) is 61.4 Å². The van der Waals surface area contributed by atoms with Crippen molar-refractivity contribution in [3.63, 3.8) is 0 Å². The third-order valence-electron chi connectivity index (χ3n) is 2.97. The zero-order valence-electron chi connectivity index (χ0n) is 12.3. The van der Waals surface area contributed by atoms with Gasteiger partial charge < -0.3 is 15.7 Å². The Morgan fingerprint density at radius 1 is 1.33 bits per heavy atom. The van der Waals surface area contributed by atoms with Crippen LogP contribution in [0.15, 0.2) is 12.2 Å². The Balaban J connectivity index is 3.96. The molecule has 0 saturated heterocycles. The van der Waals surface area contributed by atoms with Crippen molar-refractivity contribution in [2.45, 2.75) is 47.1 Å². The van der Waals surface area contributed by atoms with E-state index in [1.165, 1.54) is 0 Å². The predicted octanol–water partition coefficient (Wildman–Crippen LogP) is 2.29. The molecule has 0 aromatic rings. The van der Waals surface area contributed by atoms with Gasteiger partial charge in [-0.3, -0.25) is 0 Å². The van der Waals surface area contributed by atoms with Crippen molar-refractivity contribution in [2.75, 3.05) is 13.1 Å². The number of hydrogen-bond donors (Lipinski definition) is 3. The summed E-state index contributed by atoms with van der Waals surface area (Å²) in [6, 6.07) is -0.177. The first-order valence-electron chi connectivity index (χ1n) is 6.62. The summed E-state index contributed by atoms with van der Waals surface area (Å²) in [5, 5.41) is 15.6. The van der Waals surface area contributed by atoms with E-state index in [0.717, 1.165) is 6.42 Å². The van der Waals surface area contributed by atoms with Crippen molar-refractivity contribution in [1.29, 1.82) is 0 Å². The van der Waals surface area contributed by atoms with E-state index in [1.54, 1.807) is 0 Å². The molecule has 106 valence electrons. The lowest BCUT2D eigenvalue weighted by Crippen LogP contribution is -2.46. The van der Waals surface area contributed by atoms with Crippen LogP contribution in [0.5, 0.6) is 0 Å². The van der Waals surface area contributed by atoms with Crippen LogP contribution in [0.4, 0.5) is 4.79 Å². The molecule has 18 heavy (non-hydrogen) atoms. The largest absolute Gasteiger partial charge is 0.392 e. The molecule has 4 nitrogen and oxygen atoms in total. The first-order chi connectivity index (χ1) is 8.31. The van der Waals surface area contributed by atoms with Gasteiger partial charge in [0.2, 0.25) is 0 Å². The number of allylic oxidation sites excluding steroid dienone is 1. The Bertz CT molecular complexity index is 273. The van der Waals surface area contributed by atoms with Crippen LogP contribution in [0, 0.1) is 11.3 Å². The molecule has 0 aromatic heterocycles. The van der Waals surface area contributed by atoms with Gasteiger partial charge in [-0.2, -0.15) is 0 Å². The summed E-state index contributed by atoms with van der Waals surface area (Å²) in [5.74, 6) is 0.180. The molecule has 0 aliphatic rings. The standard InChI is InChI=1S/C14H28N2O2/c1-6-7-8-9-15-13(18)16-10-14(4,5)12(17)11(2)3/h6-7,11-12,17H,8-10H2,1-5H3,(H2,15,16,18)/b7-6+. The number of rotatable bonds is 7. The second kappa shape index (κ2) is 8.14. The quantitative estimate of drug-likeness (QED) is 0.483. The summed E-state index contributed by atoms with van der Waals surface area (Å²) in [5.41, 5.74) is -0.325. The van der Waals surface area contributed by atoms with Crippen LogP contribution in [0.1, 0.15) is 41.0 Å². The first kappa shape index (κ1) is 17.0. The molecule has 2 amide bonds. The van der Waals surface area contributed by atoms with Crippen LogP contribution < -0.4 is 10.6 Å². The summed E-state index contributed by atoms with van der Waals surface area (Å²) < 4.78 is 0. The number of aliphatic hydroxyl groups is 1. The van der Waals surface area contributed by atoms with Gasteiger partial charge in [0.25, 0.3) is 0 Å². The van der Waals surface area contributed by atoms with Crippen molar-refractivity contribution in [3.8, 4) is 0 Å². The van der Waals surface area contributed by atoms with Crippen LogP contribution in [0.2, 0.25) is 0 Å². The first-order valence-corrected chi connectivity index (χ1v) is 6.62. The highest BCUT2D eigenvalue weighted by Gasteiger charge is 2.30. The van der Waals surface area contributed by atoms with Crippen molar-refractivity contribution in [1.82, 2.24) is 10.6 Å². The average Bonchev–Trinajstić information content (AvgIpc) is 2.31. The SMILES string of the molecule is C/C=C/CCNC(=O)NCC(C)(C)C(O)C(C)C. The number of carbonyl (C=O) groups is 1. The fraction of sp³-hybridized carbons (Fsp3) is 0.786. The fourth-order valence-electron chi connectivity index (χ4n) is 1.81. The van der Waals surface area contributed by atoms with E-state index in [2.05, 4.69) is 10.6 Å². The van der Waals surface area contributed by atoms with Gasteiger partial charge in [0.15, 0.2) is 0 Å². The molecular formula is C14H28N2O2. The van der Waals surface area contributed by atoms with Crippen LogP contribution >= 0.6 is 0 Å². The van der Waals surface area contributed by atoms with Crippen molar-refractivity contribution in [2.24, 2.45) is 11.3 Å². The second-order valence-electron chi connectivity index (χ2n) is 5.64. The third-order valence-corrected chi connectivity index (χ3v) is 2.97. The van der Waals surface area contributed by atoms with Gasteiger partial charge in [-0.1, -0.05) is 39.8 Å². The number of hydrogen-bond acceptors (Lipinski definition) is 2. The number of urea groups is 1. The van der Waals surface area contributed by atoms with Gasteiger partial charge >= 0.3 is 6.03 Å². The van der Waals surface area contributed by atoms with Gasteiger partial charge in [-0.25, -0.2) is 4.79 Å². The summed E-state index contributed by atoms with van der Waals surface area (Å²) >= 11 is 0. The molecule has 0 heterocycles. The molecule has 0 saturated carbocycles. The van der Waals surface area contributed by atoms with E-state index in [4.69, 9.17) is 0 Å². The van der Waals surface area contributed by atoms with Gasteiger partial charge in [0.05, 0.1) is 6.10 Å². The Kier molecular flexibility index (Phi) is 7.67. The Morgan fingerprint density at radius 3 is 2.44 bits per heavy atom. The molecule has 0 aromatic carbocycles. The van der Waals surface area contributed by atoms with E-state index >= 15 is 0 Å². The maximum atomic E-state index is 11.5. The summed E-state index contributed by atoms with van der Waals surface area (Å²) in [4.78, 5) is 11.5. The van der Waals surface area contributed by atoms with Gasteiger partial charge in [-0.05, 0) is 19.3 Å². The highest BCUT2D eigenvalue weighted by Crippen LogP contribution is 2.24. The van der Waals surface area contributed by atoms with E-state index in [-0.39, 0.29) is 17.4 Å². The Labute approximate surface area is 111 Å². The zero-order valence-corrected chi connectivity index (χ0v) is 12.3. The van der Waals surface area contributed by atoms with Gasteiger partial charge in [-0.15, -0.1) is 0 Å². The van der Waals surface area contributed by atoms with Crippen molar-refractivity contribution in [3.05, 3.63) is 12.2 Å². The summed E-state index contributed by atoms with van der Waals surface area (Å²) in [6.45, 7) is 10.9. The molecule has 0 aliphatic carbocycles. The number of nitrogens with one attached hydrogen (secondary N) is 2. The predicted molar refractivity (Wildman–Crippen MR) is 75.5 cm³/mol. The minimum absolute atomic E-state index is 0.177. The molecular weight excluding hydrogens is 228 g/mol. The molecule has 1 unspecified atom stereocenters. The van der Waals surface area contributed by atoms with Gasteiger partial charge in [0.1, 0.15) is 0 Å². The van der Waals surface area contributed by atoms with Crippen molar-refractivity contribution < 1.29 is 9.90 Å². The minimum Gasteiger partial charge on any atom is -0.392 e. The van der Waals surface area contributed by atoms with Crippen LogP contribution in [-0.4, -0.2) is 30.3 Å². The molecule has 0 rings (SSSR count).